The van der Waals surface area contributed by atoms with Gasteiger partial charge in [-0.15, -0.1) is 0 Å². The fourth-order valence-corrected chi connectivity index (χ4v) is 3.27. The first-order chi connectivity index (χ1) is 11.2. The number of nitrogens with two attached hydrogens (primary N) is 1. The molecule has 0 unspecified atom stereocenters. The van der Waals surface area contributed by atoms with Gasteiger partial charge in [0, 0.05) is 5.56 Å². The molecule has 0 atom stereocenters. The monoisotopic (exact) mass is 346 g/mol. The maximum absolute atomic E-state index is 12.3. The van der Waals surface area contributed by atoms with Gasteiger partial charge in [0.05, 0.1) is 11.3 Å². The largest absolute Gasteiger partial charge is 0.366 e. The van der Waals surface area contributed by atoms with E-state index in [1.807, 2.05) is 23.8 Å². The highest BCUT2D eigenvalue weighted by Crippen LogP contribution is 2.16. The molecule has 6 nitrogen and oxygen atoms in total. The Labute approximate surface area is 140 Å². The molecule has 0 aromatic heterocycles. The lowest BCUT2D eigenvalue weighted by molar-refractivity contribution is -0.118. The van der Waals surface area contributed by atoms with Crippen LogP contribution in [-0.2, 0) is 21.2 Å². The van der Waals surface area contributed by atoms with Crippen molar-refractivity contribution in [3.05, 3.63) is 64.7 Å². The van der Waals surface area contributed by atoms with Crippen LogP contribution in [0, 0.1) is 13.8 Å². The van der Waals surface area contributed by atoms with Gasteiger partial charge in [0.25, 0.3) is 10.0 Å². The SMILES string of the molecule is Cc1ccccc1CC(=O)NS(=O)(=O)c1ccc(C)c(C(N)=O)c1. The minimum atomic E-state index is -4.07. The van der Waals surface area contributed by atoms with Crippen molar-refractivity contribution in [1.29, 1.82) is 0 Å². The molecule has 0 aliphatic rings. The second-order valence-electron chi connectivity index (χ2n) is 5.47. The molecule has 0 fully saturated rings. The number of benzene rings is 2. The van der Waals surface area contributed by atoms with Gasteiger partial charge in [-0.1, -0.05) is 30.3 Å². The van der Waals surface area contributed by atoms with E-state index in [1.165, 1.54) is 18.2 Å². The van der Waals surface area contributed by atoms with E-state index in [0.717, 1.165) is 11.1 Å². The first kappa shape index (κ1) is 17.7. The van der Waals surface area contributed by atoms with E-state index >= 15 is 0 Å². The summed E-state index contributed by atoms with van der Waals surface area (Å²) < 4.78 is 26.7. The first-order valence-electron chi connectivity index (χ1n) is 7.21. The lowest BCUT2D eigenvalue weighted by atomic mass is 10.1. The third kappa shape index (κ3) is 3.99. The molecule has 0 aliphatic carbocycles. The zero-order valence-electron chi connectivity index (χ0n) is 13.4. The quantitative estimate of drug-likeness (QED) is 0.854. The fraction of sp³-hybridized carbons (Fsp3) is 0.176. The van der Waals surface area contributed by atoms with E-state index < -0.39 is 21.8 Å². The second-order valence-corrected chi connectivity index (χ2v) is 7.16. The number of hydrogen-bond acceptors (Lipinski definition) is 4. The highest BCUT2D eigenvalue weighted by Gasteiger charge is 2.20. The van der Waals surface area contributed by atoms with Crippen LogP contribution in [0.1, 0.15) is 27.0 Å². The number of aryl methyl sites for hydroxylation is 2. The van der Waals surface area contributed by atoms with Crippen LogP contribution in [0.25, 0.3) is 0 Å². The van der Waals surface area contributed by atoms with E-state index in [9.17, 15) is 18.0 Å². The zero-order chi connectivity index (χ0) is 17.9. The smallest absolute Gasteiger partial charge is 0.264 e. The number of carbonyl (C=O) groups excluding carboxylic acids is 2. The van der Waals surface area contributed by atoms with Crippen LogP contribution in [0.4, 0.5) is 0 Å². The van der Waals surface area contributed by atoms with Crippen LogP contribution in [0.5, 0.6) is 0 Å². The second kappa shape index (κ2) is 6.84. The molecule has 3 N–H and O–H groups in total. The number of nitrogens with one attached hydrogen (secondary N) is 1. The number of sulfonamides is 1. The van der Waals surface area contributed by atoms with Crippen LogP contribution < -0.4 is 10.5 Å². The molecule has 0 spiro atoms. The summed E-state index contributed by atoms with van der Waals surface area (Å²) >= 11 is 0. The Morgan fingerprint density at radius 1 is 1.04 bits per heavy atom. The summed E-state index contributed by atoms with van der Waals surface area (Å²) in [5.74, 6) is -1.37. The van der Waals surface area contributed by atoms with Gasteiger partial charge in [0.15, 0.2) is 0 Å². The van der Waals surface area contributed by atoms with Crippen molar-refractivity contribution in [3.8, 4) is 0 Å². The summed E-state index contributed by atoms with van der Waals surface area (Å²) in [6.07, 6.45) is -0.0551. The lowest BCUT2D eigenvalue weighted by Gasteiger charge is -2.10. The summed E-state index contributed by atoms with van der Waals surface area (Å²) in [6, 6.07) is 11.2. The Hall–Kier alpha value is -2.67. The van der Waals surface area contributed by atoms with Crippen molar-refractivity contribution >= 4 is 21.8 Å². The van der Waals surface area contributed by atoms with Crippen LogP contribution in [-0.4, -0.2) is 20.2 Å². The first-order valence-corrected chi connectivity index (χ1v) is 8.69. The molecule has 0 saturated carbocycles. The van der Waals surface area contributed by atoms with Gasteiger partial charge in [-0.3, -0.25) is 9.59 Å². The van der Waals surface area contributed by atoms with E-state index in [1.54, 1.807) is 19.1 Å². The number of hydrogen-bond donors (Lipinski definition) is 2. The molecule has 0 aliphatic heterocycles. The predicted octanol–water partition coefficient (Wildman–Crippen LogP) is 1.45. The summed E-state index contributed by atoms with van der Waals surface area (Å²) in [6.45, 7) is 3.49. The topological polar surface area (TPSA) is 106 Å². The Kier molecular flexibility index (Phi) is 5.04. The minimum Gasteiger partial charge on any atom is -0.366 e. The zero-order valence-corrected chi connectivity index (χ0v) is 14.2. The van der Waals surface area contributed by atoms with Gasteiger partial charge >= 0.3 is 0 Å². The van der Waals surface area contributed by atoms with E-state index in [-0.39, 0.29) is 16.9 Å². The fourth-order valence-electron chi connectivity index (χ4n) is 2.26. The molecular weight excluding hydrogens is 328 g/mol. The Morgan fingerprint density at radius 3 is 2.33 bits per heavy atom. The molecule has 2 rings (SSSR count). The Morgan fingerprint density at radius 2 is 1.71 bits per heavy atom. The normalized spacial score (nSPS) is 11.1. The third-order valence-electron chi connectivity index (χ3n) is 3.65. The molecule has 7 heteroatoms. The standard InChI is InChI=1S/C17H18N2O4S/c1-11-5-3-4-6-13(11)9-16(20)19-24(22,23)14-8-7-12(2)15(10-14)17(18)21/h3-8,10H,9H2,1-2H3,(H2,18,21)(H,19,20). The summed E-state index contributed by atoms with van der Waals surface area (Å²) in [5.41, 5.74) is 7.53. The van der Waals surface area contributed by atoms with Crippen molar-refractivity contribution in [3.63, 3.8) is 0 Å². The molecule has 2 aromatic carbocycles. The maximum atomic E-state index is 12.3. The van der Waals surface area contributed by atoms with Crippen molar-refractivity contribution in [2.24, 2.45) is 5.73 Å². The van der Waals surface area contributed by atoms with Crippen molar-refractivity contribution in [2.75, 3.05) is 0 Å². The Bertz CT molecular complexity index is 905. The summed E-state index contributed by atoms with van der Waals surface area (Å²) in [7, 11) is -4.07. The highest BCUT2D eigenvalue weighted by molar-refractivity contribution is 7.90. The van der Waals surface area contributed by atoms with Crippen LogP contribution in [0.15, 0.2) is 47.4 Å². The third-order valence-corrected chi connectivity index (χ3v) is 5.02. The number of rotatable bonds is 5. The minimum absolute atomic E-state index is 0.0551. The van der Waals surface area contributed by atoms with Gasteiger partial charge < -0.3 is 5.73 Å². The van der Waals surface area contributed by atoms with Gasteiger partial charge in [-0.2, -0.15) is 0 Å². The van der Waals surface area contributed by atoms with Gasteiger partial charge in [-0.05, 0) is 42.7 Å². The molecule has 0 saturated heterocycles. The average Bonchev–Trinajstić information content (AvgIpc) is 2.49. The molecular formula is C17H18N2O4S. The van der Waals surface area contributed by atoms with E-state index in [4.69, 9.17) is 5.73 Å². The molecule has 0 heterocycles. The molecule has 126 valence electrons. The summed E-state index contributed by atoms with van der Waals surface area (Å²) in [4.78, 5) is 23.2. The summed E-state index contributed by atoms with van der Waals surface area (Å²) in [5, 5.41) is 0. The van der Waals surface area contributed by atoms with E-state index in [2.05, 4.69) is 0 Å². The van der Waals surface area contributed by atoms with Crippen molar-refractivity contribution < 1.29 is 18.0 Å². The van der Waals surface area contributed by atoms with Crippen LogP contribution in [0.2, 0.25) is 0 Å². The molecule has 2 amide bonds. The lowest BCUT2D eigenvalue weighted by Crippen LogP contribution is -2.32. The predicted molar refractivity (Wildman–Crippen MR) is 89.9 cm³/mol. The molecule has 2 aromatic rings. The van der Waals surface area contributed by atoms with Crippen molar-refractivity contribution in [2.45, 2.75) is 25.2 Å². The number of primary amides is 1. The van der Waals surface area contributed by atoms with Crippen LogP contribution in [0.3, 0.4) is 0 Å². The number of amides is 2. The highest BCUT2D eigenvalue weighted by atomic mass is 32.2. The number of carbonyl (C=O) groups is 2. The Balaban J connectivity index is 2.22. The average molecular weight is 346 g/mol. The molecule has 0 bridgehead atoms. The molecule has 24 heavy (non-hydrogen) atoms. The molecule has 0 radical (unpaired) electrons. The van der Waals surface area contributed by atoms with E-state index in [0.29, 0.717) is 5.56 Å². The van der Waals surface area contributed by atoms with Gasteiger partial charge in [0.2, 0.25) is 11.8 Å². The van der Waals surface area contributed by atoms with Crippen molar-refractivity contribution in [1.82, 2.24) is 4.72 Å². The van der Waals surface area contributed by atoms with Gasteiger partial charge in [0.1, 0.15) is 0 Å². The maximum Gasteiger partial charge on any atom is 0.264 e. The van der Waals surface area contributed by atoms with Gasteiger partial charge in [-0.25, -0.2) is 13.1 Å². The van der Waals surface area contributed by atoms with Crippen LogP contribution >= 0.6 is 0 Å².